The van der Waals surface area contributed by atoms with Crippen LogP contribution in [-0.2, 0) is 6.54 Å². The van der Waals surface area contributed by atoms with Gasteiger partial charge in [0.25, 0.3) is 0 Å². The van der Waals surface area contributed by atoms with Gasteiger partial charge in [-0.25, -0.2) is 14.8 Å². The molecule has 0 unspecified atom stereocenters. The van der Waals surface area contributed by atoms with E-state index >= 15 is 0 Å². The number of hydrogen-bond donors (Lipinski definition) is 2. The van der Waals surface area contributed by atoms with E-state index in [0.717, 1.165) is 23.8 Å². The molecular weight excluding hydrogens is 464 g/mol. The Labute approximate surface area is 207 Å². The molecule has 1 amide bonds. The highest BCUT2D eigenvalue weighted by molar-refractivity contribution is 5.96. The van der Waals surface area contributed by atoms with E-state index in [2.05, 4.69) is 5.32 Å². The second kappa shape index (κ2) is 9.76. The molecule has 0 spiro atoms. The van der Waals surface area contributed by atoms with E-state index in [0.29, 0.717) is 59.8 Å². The van der Waals surface area contributed by atoms with Gasteiger partial charge in [0.2, 0.25) is 5.95 Å². The van der Waals surface area contributed by atoms with Gasteiger partial charge >= 0.3 is 6.09 Å². The third-order valence-electron chi connectivity index (χ3n) is 6.49. The minimum absolute atomic E-state index is 0.0926. The van der Waals surface area contributed by atoms with Crippen molar-refractivity contribution in [3.63, 3.8) is 0 Å². The van der Waals surface area contributed by atoms with Gasteiger partial charge in [-0.15, -0.1) is 5.10 Å². The molecule has 3 heterocycles. The fourth-order valence-electron chi connectivity index (χ4n) is 4.61. The number of para-hydroxylation sites is 1. The number of nitrogens with one attached hydrogen (secondary N) is 1. The molecule has 1 saturated heterocycles. The molecule has 188 valence electrons. The summed E-state index contributed by atoms with van der Waals surface area (Å²) >= 11 is 0. The smallest absolute Gasteiger partial charge is 0.407 e. The summed E-state index contributed by atoms with van der Waals surface area (Å²) in [6.07, 6.45) is 0.666. The molecule has 5 rings (SSSR count). The fourth-order valence-corrected chi connectivity index (χ4v) is 4.61. The largest absolute Gasteiger partial charge is 0.497 e. The normalized spacial score (nSPS) is 15.8. The number of amides is 1. The molecule has 1 aliphatic rings. The zero-order valence-electron chi connectivity index (χ0n) is 20.4. The monoisotopic (exact) mass is 492 g/mol. The summed E-state index contributed by atoms with van der Waals surface area (Å²) in [4.78, 5) is 22.7. The number of benzene rings is 2. The fraction of sp³-hybridized carbons (Fsp3) is 0.360. The van der Waals surface area contributed by atoms with Crippen molar-refractivity contribution in [2.24, 2.45) is 0 Å². The van der Waals surface area contributed by atoms with Gasteiger partial charge in [-0.1, -0.05) is 6.07 Å². The molecule has 1 aliphatic heterocycles. The van der Waals surface area contributed by atoms with E-state index in [1.165, 1.54) is 4.90 Å². The second-order valence-corrected chi connectivity index (χ2v) is 8.60. The lowest BCUT2D eigenvalue weighted by atomic mass is 9.98. The predicted octanol–water partition coefficient (Wildman–Crippen LogP) is 3.77. The molecule has 2 aromatic heterocycles. The third-order valence-corrected chi connectivity index (χ3v) is 6.49. The van der Waals surface area contributed by atoms with Crippen molar-refractivity contribution in [3.05, 3.63) is 47.8 Å². The maximum absolute atomic E-state index is 11.5. The number of likely N-dealkylation sites (tertiary alicyclic amines) is 1. The third kappa shape index (κ3) is 4.28. The van der Waals surface area contributed by atoms with Crippen LogP contribution >= 0.6 is 0 Å². The number of ether oxygens (including phenoxy) is 3. The van der Waals surface area contributed by atoms with Crippen LogP contribution < -0.4 is 19.5 Å². The van der Waals surface area contributed by atoms with Crippen molar-refractivity contribution in [2.75, 3.05) is 39.7 Å². The number of rotatable bonds is 7. The minimum atomic E-state index is -0.920. The van der Waals surface area contributed by atoms with Crippen LogP contribution in [0.3, 0.4) is 0 Å². The molecule has 36 heavy (non-hydrogen) atoms. The molecule has 0 aliphatic carbocycles. The second-order valence-electron chi connectivity index (χ2n) is 8.60. The Balaban J connectivity index is 1.57. The Kier molecular flexibility index (Phi) is 6.36. The Morgan fingerprint density at radius 1 is 1.11 bits per heavy atom. The van der Waals surface area contributed by atoms with Crippen LogP contribution in [0, 0.1) is 0 Å². The van der Waals surface area contributed by atoms with E-state index < -0.39 is 6.09 Å². The molecule has 1 atom stereocenters. The highest BCUT2D eigenvalue weighted by Crippen LogP contribution is 2.32. The van der Waals surface area contributed by atoms with Gasteiger partial charge in [0.1, 0.15) is 22.8 Å². The zero-order chi connectivity index (χ0) is 25.2. The van der Waals surface area contributed by atoms with Crippen molar-refractivity contribution in [1.29, 1.82) is 0 Å². The highest BCUT2D eigenvalue weighted by atomic mass is 16.5. The molecular formula is C25H28N6O5. The minimum Gasteiger partial charge on any atom is -0.497 e. The number of carbonyl (C=O) groups is 1. The number of nitrogens with zero attached hydrogens (tertiary/aromatic N) is 5. The summed E-state index contributed by atoms with van der Waals surface area (Å²) in [5, 5.41) is 18.4. The SMILES string of the molecule is COc1ccc(CNc2nc3c(OC)cccc3c3nc([C@@H]4CCCN(C(=O)O)C4)nn23)c(OC)c1. The van der Waals surface area contributed by atoms with Gasteiger partial charge in [-0.3, -0.25) is 0 Å². The summed E-state index contributed by atoms with van der Waals surface area (Å²) in [5.74, 6) is 3.01. The van der Waals surface area contributed by atoms with Crippen molar-refractivity contribution in [2.45, 2.75) is 25.3 Å². The lowest BCUT2D eigenvalue weighted by Gasteiger charge is -2.28. The van der Waals surface area contributed by atoms with Crippen LogP contribution in [0.5, 0.6) is 17.2 Å². The lowest BCUT2D eigenvalue weighted by molar-refractivity contribution is 0.129. The molecule has 4 aromatic rings. The standard InChI is InChI=1S/C25H28N6O5/c1-34-17-10-9-15(20(12-17)36-3)13-26-24-27-21-18(7-4-8-19(21)35-2)23-28-22(29-31(23)24)16-6-5-11-30(14-16)25(32)33/h4,7-10,12,16H,5-6,11,13-14H2,1-3H3,(H,26,27)(H,32,33)/t16-/m1/s1. The quantitative estimate of drug-likeness (QED) is 0.397. The van der Waals surface area contributed by atoms with E-state index in [9.17, 15) is 9.90 Å². The summed E-state index contributed by atoms with van der Waals surface area (Å²) in [5.41, 5.74) is 2.20. The van der Waals surface area contributed by atoms with E-state index in [4.69, 9.17) is 29.3 Å². The Hall–Kier alpha value is -4.28. The topological polar surface area (TPSA) is 123 Å². The predicted molar refractivity (Wildman–Crippen MR) is 133 cm³/mol. The lowest BCUT2D eigenvalue weighted by Crippen LogP contribution is -2.38. The van der Waals surface area contributed by atoms with Gasteiger partial charge in [0.05, 0.1) is 21.3 Å². The van der Waals surface area contributed by atoms with Gasteiger partial charge < -0.3 is 29.5 Å². The van der Waals surface area contributed by atoms with Crippen LogP contribution in [0.25, 0.3) is 16.6 Å². The van der Waals surface area contributed by atoms with E-state index in [1.807, 2.05) is 36.4 Å². The number of carboxylic acid groups (broad SMARTS) is 1. The van der Waals surface area contributed by atoms with Crippen LogP contribution in [0.2, 0.25) is 0 Å². The number of piperidine rings is 1. The Bertz CT molecular complexity index is 1420. The molecule has 1 fully saturated rings. The molecule has 0 radical (unpaired) electrons. The number of hydrogen-bond acceptors (Lipinski definition) is 8. The maximum Gasteiger partial charge on any atom is 0.407 e. The van der Waals surface area contributed by atoms with E-state index in [1.54, 1.807) is 25.8 Å². The number of aromatic nitrogens is 4. The number of fused-ring (bicyclic) bond motifs is 3. The van der Waals surface area contributed by atoms with Gasteiger partial charge in [0.15, 0.2) is 11.5 Å². The van der Waals surface area contributed by atoms with Crippen LogP contribution in [0.4, 0.5) is 10.7 Å². The summed E-state index contributed by atoms with van der Waals surface area (Å²) in [6.45, 7) is 1.31. The van der Waals surface area contributed by atoms with Crippen molar-refractivity contribution in [1.82, 2.24) is 24.5 Å². The average molecular weight is 493 g/mol. The zero-order valence-corrected chi connectivity index (χ0v) is 20.4. The molecule has 0 saturated carbocycles. The van der Waals surface area contributed by atoms with Crippen molar-refractivity contribution in [3.8, 4) is 17.2 Å². The molecule has 2 aromatic carbocycles. The molecule has 11 nitrogen and oxygen atoms in total. The Morgan fingerprint density at radius 2 is 1.94 bits per heavy atom. The highest BCUT2D eigenvalue weighted by Gasteiger charge is 2.28. The van der Waals surface area contributed by atoms with Crippen LogP contribution in [0.15, 0.2) is 36.4 Å². The molecule has 0 bridgehead atoms. The summed E-state index contributed by atoms with van der Waals surface area (Å²) < 4.78 is 18.1. The van der Waals surface area contributed by atoms with E-state index in [-0.39, 0.29) is 5.92 Å². The van der Waals surface area contributed by atoms with Crippen LogP contribution in [0.1, 0.15) is 30.1 Å². The average Bonchev–Trinajstić information content (AvgIpc) is 3.37. The first kappa shape index (κ1) is 23.5. The first-order valence-electron chi connectivity index (χ1n) is 11.7. The Morgan fingerprint density at radius 3 is 2.69 bits per heavy atom. The molecule has 2 N–H and O–H groups in total. The summed E-state index contributed by atoms with van der Waals surface area (Å²) in [7, 11) is 4.83. The van der Waals surface area contributed by atoms with Gasteiger partial charge in [0, 0.05) is 42.6 Å². The van der Waals surface area contributed by atoms with Crippen molar-refractivity contribution < 1.29 is 24.1 Å². The number of anilines is 1. The van der Waals surface area contributed by atoms with Crippen LogP contribution in [-0.4, -0.2) is 70.1 Å². The first-order valence-corrected chi connectivity index (χ1v) is 11.7. The number of methoxy groups -OCH3 is 3. The van der Waals surface area contributed by atoms with Crippen molar-refractivity contribution >= 4 is 28.6 Å². The maximum atomic E-state index is 11.5. The van der Waals surface area contributed by atoms with Gasteiger partial charge in [-0.05, 0) is 37.1 Å². The van der Waals surface area contributed by atoms with Gasteiger partial charge in [-0.2, -0.15) is 4.52 Å². The first-order chi connectivity index (χ1) is 17.5. The summed E-state index contributed by atoms with van der Waals surface area (Å²) in [6, 6.07) is 11.3. The molecule has 11 heteroatoms.